The number of carbonyl (C=O) groups excluding carboxylic acids is 2. The Kier molecular flexibility index (Phi) is 2.28. The zero-order chi connectivity index (χ0) is 6.57. The van der Waals surface area contributed by atoms with Crippen LogP contribution in [0.5, 0.6) is 0 Å². The number of nitrogens with zero attached hydrogens (tertiary/aromatic N) is 1. The van der Waals surface area contributed by atoms with Gasteiger partial charge in [0.05, 0.1) is 0 Å². The van der Waals surface area contributed by atoms with Gasteiger partial charge in [-0.1, -0.05) is 0 Å². The molecule has 0 amide bonds. The molecule has 0 unspecified atom stereocenters. The smallest absolute Gasteiger partial charge is 0.345 e. The normalized spacial score (nSPS) is 7.00. The highest BCUT2D eigenvalue weighted by Gasteiger charge is 2.06. The fourth-order valence-corrected chi connectivity index (χ4v) is 0.113. The van der Waals surface area contributed by atoms with Crippen molar-refractivity contribution in [2.24, 2.45) is 0 Å². The summed E-state index contributed by atoms with van der Waals surface area (Å²) < 4.78 is 3.62. The van der Waals surface area contributed by atoms with Crippen LogP contribution >= 0.6 is 0 Å². The van der Waals surface area contributed by atoms with E-state index in [2.05, 4.69) is 4.74 Å². The number of carbonyl (C=O) groups is 2. The van der Waals surface area contributed by atoms with Gasteiger partial charge in [-0.25, -0.2) is 4.79 Å². The molecule has 0 bridgehead atoms. The van der Waals surface area contributed by atoms with Crippen molar-refractivity contribution >= 4 is 11.8 Å². The molecule has 0 saturated heterocycles. The Morgan fingerprint density at radius 2 is 2.12 bits per heavy atom. The molecule has 0 aromatic heterocycles. The van der Waals surface area contributed by atoms with Gasteiger partial charge in [-0.3, -0.25) is 4.79 Å². The van der Waals surface area contributed by atoms with Gasteiger partial charge in [0.25, 0.3) is 6.26 Å². The van der Waals surface area contributed by atoms with Crippen molar-refractivity contribution in [3.05, 3.63) is 0 Å². The minimum absolute atomic E-state index is 0.772. The molecular formula is C4H3NO3. The molecular weight excluding hydrogens is 110 g/mol. The quantitative estimate of drug-likeness (QED) is 0.263. The first kappa shape index (κ1) is 6.63. The summed E-state index contributed by atoms with van der Waals surface area (Å²) in [6.07, 6.45) is 1.08. The van der Waals surface area contributed by atoms with Crippen molar-refractivity contribution in [2.75, 3.05) is 0 Å². The third-order valence-electron chi connectivity index (χ3n) is 0.426. The molecule has 8 heavy (non-hydrogen) atoms. The summed E-state index contributed by atoms with van der Waals surface area (Å²) in [5.41, 5.74) is 0. The van der Waals surface area contributed by atoms with Crippen LogP contribution in [0.3, 0.4) is 0 Å². The average molecular weight is 113 g/mol. The van der Waals surface area contributed by atoms with Crippen molar-refractivity contribution in [1.29, 1.82) is 5.26 Å². The van der Waals surface area contributed by atoms with E-state index in [1.54, 1.807) is 0 Å². The zero-order valence-corrected chi connectivity index (χ0v) is 4.17. The van der Waals surface area contributed by atoms with Crippen LogP contribution in [0.4, 0.5) is 0 Å². The van der Waals surface area contributed by atoms with Crippen molar-refractivity contribution in [3.8, 4) is 6.26 Å². The first-order valence-corrected chi connectivity index (χ1v) is 1.79. The zero-order valence-electron chi connectivity index (χ0n) is 4.17. The average Bonchev–Trinajstić information content (AvgIpc) is 1.67. The van der Waals surface area contributed by atoms with Gasteiger partial charge in [0.2, 0.25) is 5.78 Å². The Morgan fingerprint density at radius 3 is 2.25 bits per heavy atom. The fraction of sp³-hybridized carbons (Fsp3) is 0.250. The van der Waals surface area contributed by atoms with Crippen molar-refractivity contribution in [3.63, 3.8) is 0 Å². The highest BCUT2D eigenvalue weighted by Crippen LogP contribution is 1.74. The van der Waals surface area contributed by atoms with Crippen molar-refractivity contribution in [1.82, 2.24) is 0 Å². The maximum Gasteiger partial charge on any atom is 0.389 e. The van der Waals surface area contributed by atoms with Crippen LogP contribution < -0.4 is 0 Å². The monoisotopic (exact) mass is 113 g/mol. The van der Waals surface area contributed by atoms with Crippen LogP contribution in [-0.4, -0.2) is 11.8 Å². The number of hydrogen-bond acceptors (Lipinski definition) is 4. The van der Waals surface area contributed by atoms with Gasteiger partial charge >= 0.3 is 5.97 Å². The van der Waals surface area contributed by atoms with E-state index in [0.717, 1.165) is 13.2 Å². The summed E-state index contributed by atoms with van der Waals surface area (Å²) >= 11 is 0. The number of ketones is 1. The van der Waals surface area contributed by atoms with Crippen molar-refractivity contribution in [2.45, 2.75) is 6.92 Å². The van der Waals surface area contributed by atoms with Crippen LogP contribution in [0.1, 0.15) is 6.92 Å². The molecule has 0 aliphatic heterocycles. The molecule has 0 atom stereocenters. The second kappa shape index (κ2) is 2.75. The van der Waals surface area contributed by atoms with E-state index < -0.39 is 11.8 Å². The number of ether oxygens (including phenoxy) is 1. The lowest BCUT2D eigenvalue weighted by molar-refractivity contribution is -0.147. The summed E-state index contributed by atoms with van der Waals surface area (Å²) in [5, 5.41) is 7.64. The lowest BCUT2D eigenvalue weighted by atomic mass is 10.5. The second-order valence-corrected chi connectivity index (χ2v) is 1.04. The standard InChI is InChI=1S/C4H3NO3/c1-3(6)4(7)8-2-5/h1H3. The minimum Gasteiger partial charge on any atom is -0.345 e. The van der Waals surface area contributed by atoms with Gasteiger partial charge in [0.15, 0.2) is 0 Å². The molecule has 0 spiro atoms. The number of esters is 1. The maximum atomic E-state index is 9.95. The van der Waals surface area contributed by atoms with Gasteiger partial charge in [-0.2, -0.15) is 0 Å². The van der Waals surface area contributed by atoms with E-state index in [1.807, 2.05) is 0 Å². The van der Waals surface area contributed by atoms with Gasteiger partial charge < -0.3 is 4.74 Å². The van der Waals surface area contributed by atoms with E-state index in [0.29, 0.717) is 0 Å². The SMILES string of the molecule is CC(=O)C(=O)OC#N. The molecule has 0 aliphatic rings. The van der Waals surface area contributed by atoms with Crippen molar-refractivity contribution < 1.29 is 14.3 Å². The molecule has 4 heteroatoms. The van der Waals surface area contributed by atoms with E-state index in [1.165, 1.54) is 0 Å². The van der Waals surface area contributed by atoms with Gasteiger partial charge in [-0.15, -0.1) is 5.26 Å². The molecule has 4 nitrogen and oxygen atoms in total. The summed E-state index contributed by atoms with van der Waals surface area (Å²) in [7, 11) is 0. The van der Waals surface area contributed by atoms with Gasteiger partial charge in [0, 0.05) is 6.92 Å². The second-order valence-electron chi connectivity index (χ2n) is 1.04. The molecule has 0 aromatic carbocycles. The number of rotatable bonds is 1. The molecule has 0 radical (unpaired) electrons. The summed E-state index contributed by atoms with van der Waals surface area (Å²) in [4.78, 5) is 19.9. The van der Waals surface area contributed by atoms with Crippen LogP contribution in [0.2, 0.25) is 0 Å². The largest absolute Gasteiger partial charge is 0.389 e. The van der Waals surface area contributed by atoms with E-state index in [-0.39, 0.29) is 0 Å². The van der Waals surface area contributed by atoms with Crippen LogP contribution in [0.15, 0.2) is 0 Å². The Balaban J connectivity index is 3.71. The van der Waals surface area contributed by atoms with Crippen LogP contribution in [0, 0.1) is 11.5 Å². The number of nitriles is 1. The Hall–Kier alpha value is -1.37. The Labute approximate surface area is 45.7 Å². The van der Waals surface area contributed by atoms with Gasteiger partial charge in [-0.05, 0) is 0 Å². The molecule has 0 aromatic rings. The Morgan fingerprint density at radius 1 is 1.62 bits per heavy atom. The predicted molar refractivity (Wildman–Crippen MR) is 22.4 cm³/mol. The lowest BCUT2D eigenvalue weighted by Gasteiger charge is -1.82. The topological polar surface area (TPSA) is 67.2 Å². The van der Waals surface area contributed by atoms with E-state index >= 15 is 0 Å². The third kappa shape index (κ3) is 1.92. The minimum atomic E-state index is -1.12. The molecule has 0 rings (SSSR count). The third-order valence-corrected chi connectivity index (χ3v) is 0.426. The lowest BCUT2D eigenvalue weighted by Crippen LogP contribution is -2.09. The molecule has 0 N–H and O–H groups in total. The molecule has 0 aliphatic carbocycles. The highest BCUT2D eigenvalue weighted by molar-refractivity contribution is 6.32. The van der Waals surface area contributed by atoms with Crippen LogP contribution in [-0.2, 0) is 14.3 Å². The summed E-state index contributed by atoms with van der Waals surface area (Å²) in [6.45, 7) is 1.03. The maximum absolute atomic E-state index is 9.95. The van der Waals surface area contributed by atoms with E-state index in [9.17, 15) is 9.59 Å². The fourth-order valence-electron chi connectivity index (χ4n) is 0.113. The summed E-state index contributed by atoms with van der Waals surface area (Å²) in [6, 6.07) is 0. The number of Topliss-reactive ketones (excluding diaryl/α,β-unsaturated/α-hetero) is 1. The molecule has 0 saturated carbocycles. The van der Waals surface area contributed by atoms with Gasteiger partial charge in [0.1, 0.15) is 0 Å². The predicted octanol–water partition coefficient (Wildman–Crippen LogP) is -0.400. The van der Waals surface area contributed by atoms with Crippen LogP contribution in [0.25, 0.3) is 0 Å². The molecule has 42 valence electrons. The summed E-state index contributed by atoms with van der Waals surface area (Å²) in [5.74, 6) is -1.89. The van der Waals surface area contributed by atoms with E-state index in [4.69, 9.17) is 5.26 Å². The molecule has 0 heterocycles. The Bertz CT molecular complexity index is 155. The highest BCUT2D eigenvalue weighted by atomic mass is 16.5. The first-order chi connectivity index (χ1) is 3.68. The first-order valence-electron chi connectivity index (χ1n) is 1.79. The number of hydrogen-bond donors (Lipinski definition) is 0. The molecule has 0 fully saturated rings.